The Morgan fingerprint density at radius 1 is 1.44 bits per heavy atom. The van der Waals surface area contributed by atoms with Gasteiger partial charge in [-0.25, -0.2) is 4.98 Å². The summed E-state index contributed by atoms with van der Waals surface area (Å²) in [4.78, 5) is 30.9. The Bertz CT molecular complexity index is 858. The summed E-state index contributed by atoms with van der Waals surface area (Å²) in [6.45, 7) is 3.90. The molecule has 0 aliphatic rings. The first-order chi connectivity index (χ1) is 11.9. The van der Waals surface area contributed by atoms with Crippen LogP contribution in [0.1, 0.15) is 25.8 Å². The van der Waals surface area contributed by atoms with E-state index in [2.05, 4.69) is 15.3 Å². The number of carbonyl (C=O) groups excluding carboxylic acids is 1. The molecule has 8 heteroatoms. The van der Waals surface area contributed by atoms with Gasteiger partial charge in [-0.3, -0.25) is 9.59 Å². The number of amides is 1. The number of hydrogen-bond acceptors (Lipinski definition) is 5. The van der Waals surface area contributed by atoms with E-state index in [0.29, 0.717) is 10.6 Å². The van der Waals surface area contributed by atoms with Gasteiger partial charge in [0.1, 0.15) is 11.6 Å². The zero-order valence-corrected chi connectivity index (χ0v) is 15.4. The van der Waals surface area contributed by atoms with Crippen molar-refractivity contribution in [1.29, 1.82) is 5.26 Å². The average molecular weight is 377 g/mol. The number of aromatic amines is 1. The predicted octanol–water partition coefficient (Wildman–Crippen LogP) is 2.97. The molecule has 2 N–H and O–H groups in total. The number of benzene rings is 1. The van der Waals surface area contributed by atoms with Crippen LogP contribution < -0.4 is 10.9 Å². The molecular weight excluding hydrogens is 360 g/mol. The molecule has 1 aromatic heterocycles. The first-order valence-corrected chi connectivity index (χ1v) is 9.03. The predicted molar refractivity (Wildman–Crippen MR) is 98.6 cm³/mol. The summed E-state index contributed by atoms with van der Waals surface area (Å²) in [5.41, 5.74) is 0.272. The van der Waals surface area contributed by atoms with Gasteiger partial charge in [0.25, 0.3) is 5.56 Å². The van der Waals surface area contributed by atoms with Crippen molar-refractivity contribution < 1.29 is 4.79 Å². The first kappa shape index (κ1) is 19.0. The van der Waals surface area contributed by atoms with Crippen molar-refractivity contribution in [2.24, 2.45) is 0 Å². The zero-order chi connectivity index (χ0) is 18.4. The zero-order valence-electron chi connectivity index (χ0n) is 13.8. The Morgan fingerprint density at radius 3 is 2.72 bits per heavy atom. The minimum absolute atomic E-state index is 0.0734. The molecule has 0 saturated heterocycles. The van der Waals surface area contributed by atoms with E-state index in [1.54, 1.807) is 24.3 Å². The second kappa shape index (κ2) is 8.70. The van der Waals surface area contributed by atoms with E-state index in [-0.39, 0.29) is 34.1 Å². The van der Waals surface area contributed by atoms with Crippen molar-refractivity contribution in [2.45, 2.75) is 31.5 Å². The Balaban J connectivity index is 2.26. The molecule has 130 valence electrons. The molecule has 0 spiro atoms. The molecule has 1 aromatic carbocycles. The van der Waals surface area contributed by atoms with Gasteiger partial charge in [0.05, 0.1) is 11.4 Å². The van der Waals surface area contributed by atoms with Crippen LogP contribution in [0.2, 0.25) is 5.02 Å². The maximum atomic E-state index is 12.1. The van der Waals surface area contributed by atoms with E-state index >= 15 is 0 Å². The van der Waals surface area contributed by atoms with Crippen molar-refractivity contribution in [1.82, 2.24) is 15.3 Å². The fourth-order valence-corrected chi connectivity index (χ4v) is 2.79. The summed E-state index contributed by atoms with van der Waals surface area (Å²) in [7, 11) is 0. The van der Waals surface area contributed by atoms with Crippen LogP contribution in [0.5, 0.6) is 0 Å². The SMILES string of the molecule is CCC(C)NC(=O)CSc1nc(-c2ccc(Cl)cc2)c(C#N)c(=O)[nH]1. The first-order valence-electron chi connectivity index (χ1n) is 7.67. The van der Waals surface area contributed by atoms with Crippen LogP contribution in [0.25, 0.3) is 11.3 Å². The second-order valence-electron chi connectivity index (χ2n) is 5.38. The van der Waals surface area contributed by atoms with E-state index in [4.69, 9.17) is 11.6 Å². The molecule has 0 radical (unpaired) electrons. The maximum Gasteiger partial charge on any atom is 0.270 e. The van der Waals surface area contributed by atoms with Gasteiger partial charge in [0.15, 0.2) is 5.16 Å². The third-order valence-corrected chi connectivity index (χ3v) is 4.61. The molecule has 0 bridgehead atoms. The van der Waals surface area contributed by atoms with Crippen LogP contribution in [0.4, 0.5) is 0 Å². The molecule has 2 rings (SSSR count). The van der Waals surface area contributed by atoms with E-state index in [9.17, 15) is 14.9 Å². The molecule has 6 nitrogen and oxygen atoms in total. The highest BCUT2D eigenvalue weighted by Gasteiger charge is 2.15. The van der Waals surface area contributed by atoms with Gasteiger partial charge >= 0.3 is 0 Å². The molecule has 2 aromatic rings. The van der Waals surface area contributed by atoms with Crippen LogP contribution >= 0.6 is 23.4 Å². The lowest BCUT2D eigenvalue weighted by Crippen LogP contribution is -2.33. The van der Waals surface area contributed by atoms with E-state index in [0.717, 1.165) is 18.2 Å². The number of hydrogen-bond donors (Lipinski definition) is 2. The highest BCUT2D eigenvalue weighted by Crippen LogP contribution is 2.23. The highest BCUT2D eigenvalue weighted by atomic mass is 35.5. The quantitative estimate of drug-likeness (QED) is 0.596. The molecule has 0 aliphatic heterocycles. The monoisotopic (exact) mass is 376 g/mol. The van der Waals surface area contributed by atoms with Gasteiger partial charge in [-0.2, -0.15) is 5.26 Å². The Labute approximate surface area is 154 Å². The van der Waals surface area contributed by atoms with Gasteiger partial charge in [0.2, 0.25) is 5.91 Å². The second-order valence-corrected chi connectivity index (χ2v) is 6.78. The summed E-state index contributed by atoms with van der Waals surface area (Å²) < 4.78 is 0. The number of aromatic nitrogens is 2. The number of nitriles is 1. The molecule has 25 heavy (non-hydrogen) atoms. The number of H-pyrrole nitrogens is 1. The molecule has 1 amide bonds. The van der Waals surface area contributed by atoms with Crippen molar-refractivity contribution >= 4 is 29.3 Å². The van der Waals surface area contributed by atoms with Crippen LogP contribution in [0, 0.1) is 11.3 Å². The number of halogens is 1. The number of rotatable bonds is 6. The maximum absolute atomic E-state index is 12.1. The fraction of sp³-hybridized carbons (Fsp3) is 0.294. The molecule has 1 unspecified atom stereocenters. The topological polar surface area (TPSA) is 98.6 Å². The smallest absolute Gasteiger partial charge is 0.270 e. The summed E-state index contributed by atoms with van der Waals surface area (Å²) in [5, 5.41) is 12.9. The van der Waals surface area contributed by atoms with Crippen molar-refractivity contribution in [3.05, 3.63) is 45.2 Å². The minimum Gasteiger partial charge on any atom is -0.353 e. The van der Waals surface area contributed by atoms with Gasteiger partial charge in [0, 0.05) is 16.6 Å². The van der Waals surface area contributed by atoms with Gasteiger partial charge in [-0.15, -0.1) is 0 Å². The van der Waals surface area contributed by atoms with Crippen molar-refractivity contribution in [3.63, 3.8) is 0 Å². The normalized spacial score (nSPS) is 11.6. The van der Waals surface area contributed by atoms with E-state index < -0.39 is 5.56 Å². The third-order valence-electron chi connectivity index (χ3n) is 3.49. The van der Waals surface area contributed by atoms with Crippen LogP contribution in [0.15, 0.2) is 34.2 Å². The molecule has 1 heterocycles. The Morgan fingerprint density at radius 2 is 2.12 bits per heavy atom. The van der Waals surface area contributed by atoms with Gasteiger partial charge in [-0.05, 0) is 25.5 Å². The summed E-state index contributed by atoms with van der Waals surface area (Å²) in [6.07, 6.45) is 0.836. The largest absolute Gasteiger partial charge is 0.353 e. The van der Waals surface area contributed by atoms with Crippen LogP contribution in [0.3, 0.4) is 0 Å². The molecular formula is C17H17ClN4O2S. The summed E-state index contributed by atoms with van der Waals surface area (Å²) in [6, 6.07) is 8.66. The van der Waals surface area contributed by atoms with Gasteiger partial charge in [-0.1, -0.05) is 42.4 Å². The average Bonchev–Trinajstić information content (AvgIpc) is 2.60. The lowest BCUT2D eigenvalue weighted by Gasteiger charge is -2.11. The van der Waals surface area contributed by atoms with Crippen LogP contribution in [-0.4, -0.2) is 27.7 Å². The summed E-state index contributed by atoms with van der Waals surface area (Å²) in [5.74, 6) is -0.0152. The molecule has 0 aliphatic carbocycles. The Kier molecular flexibility index (Phi) is 6.62. The summed E-state index contributed by atoms with van der Waals surface area (Å²) >= 11 is 6.98. The Hall–Kier alpha value is -2.30. The molecule has 0 saturated carbocycles. The number of nitrogens with one attached hydrogen (secondary N) is 2. The minimum atomic E-state index is -0.535. The fourth-order valence-electron chi connectivity index (χ4n) is 1.99. The lowest BCUT2D eigenvalue weighted by molar-refractivity contribution is -0.119. The third kappa shape index (κ3) is 5.08. The number of carbonyl (C=O) groups is 1. The highest BCUT2D eigenvalue weighted by molar-refractivity contribution is 7.99. The molecule has 0 fully saturated rings. The van der Waals surface area contributed by atoms with Gasteiger partial charge < -0.3 is 10.3 Å². The van der Waals surface area contributed by atoms with Crippen LogP contribution in [-0.2, 0) is 4.79 Å². The van der Waals surface area contributed by atoms with E-state index in [1.165, 1.54) is 0 Å². The molecule has 1 atom stereocenters. The van der Waals surface area contributed by atoms with E-state index in [1.807, 2.05) is 19.9 Å². The van der Waals surface area contributed by atoms with Crippen molar-refractivity contribution in [3.8, 4) is 17.3 Å². The lowest BCUT2D eigenvalue weighted by atomic mass is 10.1. The number of thioether (sulfide) groups is 1. The number of nitrogens with zero attached hydrogens (tertiary/aromatic N) is 2. The van der Waals surface area contributed by atoms with Crippen molar-refractivity contribution in [2.75, 3.05) is 5.75 Å². The standard InChI is InChI=1S/C17H17ClN4O2S/c1-3-10(2)20-14(23)9-25-17-21-15(13(8-19)16(24)22-17)11-4-6-12(18)7-5-11/h4-7,10H,3,9H2,1-2H3,(H,20,23)(H,21,22,24).